The van der Waals surface area contributed by atoms with Crippen molar-refractivity contribution in [3.8, 4) is 0 Å². The number of amides is 1. The van der Waals surface area contributed by atoms with E-state index in [1.165, 1.54) is 59.3 Å². The Kier molecular flexibility index (Phi) is 6.82. The van der Waals surface area contributed by atoms with E-state index in [4.69, 9.17) is 0 Å². The Balaban J connectivity index is 1.51. The van der Waals surface area contributed by atoms with Gasteiger partial charge in [-0.05, 0) is 77.5 Å². The highest BCUT2D eigenvalue weighted by molar-refractivity contribution is 7.92. The van der Waals surface area contributed by atoms with Crippen molar-refractivity contribution < 1.29 is 22.0 Å². The second-order valence-corrected chi connectivity index (χ2v) is 9.33. The molecule has 0 aliphatic rings. The molecule has 0 fully saturated rings. The standard InChI is InChI=1S/C23H20F2N6O3S/c1-15-27-29-30-31(15)22(13-16-5-7-17(24)8-6-16)23(32)26-19-9-11-21(12-10-19)35(33,34)28-20-4-2-3-18(25)14-20/h2-12,14,22,28H,13H2,1H3,(H,26,32). The molecule has 0 saturated heterocycles. The Hall–Kier alpha value is -4.19. The molecule has 1 atom stereocenters. The molecular weight excluding hydrogens is 478 g/mol. The molecule has 2 N–H and O–H groups in total. The van der Waals surface area contributed by atoms with Crippen LogP contribution in [0.4, 0.5) is 20.2 Å². The van der Waals surface area contributed by atoms with Crippen LogP contribution < -0.4 is 10.0 Å². The molecule has 0 saturated carbocycles. The molecule has 1 heterocycles. The number of aromatic nitrogens is 4. The van der Waals surface area contributed by atoms with E-state index in [2.05, 4.69) is 25.6 Å². The second-order valence-electron chi connectivity index (χ2n) is 7.65. The van der Waals surface area contributed by atoms with Crippen LogP contribution in [0.1, 0.15) is 17.4 Å². The number of benzene rings is 3. The molecule has 0 aliphatic carbocycles. The molecule has 9 nitrogen and oxygen atoms in total. The van der Waals surface area contributed by atoms with Gasteiger partial charge in [0.1, 0.15) is 23.5 Å². The van der Waals surface area contributed by atoms with Crippen molar-refractivity contribution in [3.05, 3.63) is 95.8 Å². The Bertz CT molecular complexity index is 1440. The Morgan fingerprint density at radius 2 is 1.69 bits per heavy atom. The van der Waals surface area contributed by atoms with Gasteiger partial charge in [0.15, 0.2) is 0 Å². The lowest BCUT2D eigenvalue weighted by molar-refractivity contribution is -0.119. The first kappa shape index (κ1) is 24.0. The SMILES string of the molecule is Cc1nnnn1C(Cc1ccc(F)cc1)C(=O)Nc1ccc(S(=O)(=O)Nc2cccc(F)c2)cc1. The zero-order chi connectivity index (χ0) is 25.0. The van der Waals surface area contributed by atoms with Crippen molar-refractivity contribution in [2.45, 2.75) is 24.3 Å². The molecule has 1 amide bonds. The molecule has 4 aromatic rings. The van der Waals surface area contributed by atoms with Crippen molar-refractivity contribution in [1.82, 2.24) is 20.2 Å². The summed E-state index contributed by atoms with van der Waals surface area (Å²) in [5, 5.41) is 14.0. The average Bonchev–Trinajstić information content (AvgIpc) is 3.24. The summed E-state index contributed by atoms with van der Waals surface area (Å²) in [7, 11) is -3.97. The molecule has 12 heteroatoms. The number of carbonyl (C=O) groups excluding carboxylic acids is 1. The summed E-state index contributed by atoms with van der Waals surface area (Å²) in [5.41, 5.74) is 1.13. The van der Waals surface area contributed by atoms with Crippen LogP contribution in [-0.4, -0.2) is 34.5 Å². The molecule has 180 valence electrons. The smallest absolute Gasteiger partial charge is 0.261 e. The average molecular weight is 499 g/mol. The van der Waals surface area contributed by atoms with E-state index in [0.29, 0.717) is 17.1 Å². The van der Waals surface area contributed by atoms with Crippen molar-refractivity contribution >= 4 is 27.3 Å². The molecule has 3 aromatic carbocycles. The van der Waals surface area contributed by atoms with Crippen LogP contribution in [0, 0.1) is 18.6 Å². The van der Waals surface area contributed by atoms with E-state index < -0.39 is 33.6 Å². The minimum Gasteiger partial charge on any atom is -0.324 e. The normalized spacial score (nSPS) is 12.2. The number of sulfonamides is 1. The quantitative estimate of drug-likeness (QED) is 0.384. The first-order valence-electron chi connectivity index (χ1n) is 10.4. The van der Waals surface area contributed by atoms with E-state index in [-0.39, 0.29) is 17.0 Å². The number of nitrogens with zero attached hydrogens (tertiary/aromatic N) is 4. The molecular formula is C23H20F2N6O3S. The summed E-state index contributed by atoms with van der Waals surface area (Å²) in [4.78, 5) is 13.1. The summed E-state index contributed by atoms with van der Waals surface area (Å²) in [5.74, 6) is -0.998. The predicted octanol–water partition coefficient (Wildman–Crippen LogP) is 3.48. The van der Waals surface area contributed by atoms with Gasteiger partial charge in [-0.3, -0.25) is 9.52 Å². The van der Waals surface area contributed by atoms with Gasteiger partial charge in [0.2, 0.25) is 5.91 Å². The maximum Gasteiger partial charge on any atom is 0.261 e. The van der Waals surface area contributed by atoms with Crippen LogP contribution in [0.25, 0.3) is 0 Å². The van der Waals surface area contributed by atoms with Gasteiger partial charge in [0, 0.05) is 12.1 Å². The number of rotatable bonds is 8. The maximum atomic E-state index is 13.4. The van der Waals surface area contributed by atoms with Gasteiger partial charge in [0.05, 0.1) is 10.6 Å². The minimum absolute atomic E-state index is 0.0704. The topological polar surface area (TPSA) is 119 Å². The summed E-state index contributed by atoms with van der Waals surface area (Å²) in [6.45, 7) is 1.65. The fraction of sp³-hybridized carbons (Fsp3) is 0.130. The van der Waals surface area contributed by atoms with Crippen LogP contribution in [0.15, 0.2) is 77.7 Å². The number of carbonyl (C=O) groups is 1. The number of hydrogen-bond acceptors (Lipinski definition) is 6. The van der Waals surface area contributed by atoms with Gasteiger partial charge in [0.25, 0.3) is 10.0 Å². The number of hydrogen-bond donors (Lipinski definition) is 2. The first-order chi connectivity index (χ1) is 16.7. The van der Waals surface area contributed by atoms with Crippen LogP contribution in [0.5, 0.6) is 0 Å². The van der Waals surface area contributed by atoms with Crippen molar-refractivity contribution in [1.29, 1.82) is 0 Å². The third-order valence-corrected chi connectivity index (χ3v) is 6.50. The molecule has 0 radical (unpaired) electrons. The monoisotopic (exact) mass is 498 g/mol. The third kappa shape index (κ3) is 5.84. The van der Waals surface area contributed by atoms with Gasteiger partial charge in [-0.15, -0.1) is 5.10 Å². The van der Waals surface area contributed by atoms with Gasteiger partial charge in [-0.1, -0.05) is 18.2 Å². The summed E-state index contributed by atoms with van der Waals surface area (Å²) < 4.78 is 55.5. The van der Waals surface area contributed by atoms with E-state index in [1.807, 2.05) is 0 Å². The van der Waals surface area contributed by atoms with Crippen LogP contribution in [-0.2, 0) is 21.2 Å². The molecule has 1 aromatic heterocycles. The number of tetrazole rings is 1. The Morgan fingerprint density at radius 3 is 2.31 bits per heavy atom. The lowest BCUT2D eigenvalue weighted by Gasteiger charge is -2.18. The van der Waals surface area contributed by atoms with Crippen LogP contribution in [0.3, 0.4) is 0 Å². The highest BCUT2D eigenvalue weighted by Gasteiger charge is 2.25. The fourth-order valence-electron chi connectivity index (χ4n) is 3.37. The molecule has 0 spiro atoms. The minimum atomic E-state index is -3.97. The summed E-state index contributed by atoms with van der Waals surface area (Å²) in [6.07, 6.45) is 0.196. The molecule has 35 heavy (non-hydrogen) atoms. The van der Waals surface area contributed by atoms with Crippen molar-refractivity contribution in [2.24, 2.45) is 0 Å². The maximum absolute atomic E-state index is 13.4. The van der Waals surface area contributed by atoms with Crippen LogP contribution in [0.2, 0.25) is 0 Å². The fourth-order valence-corrected chi connectivity index (χ4v) is 4.42. The van der Waals surface area contributed by atoms with Crippen molar-refractivity contribution in [2.75, 3.05) is 10.0 Å². The largest absolute Gasteiger partial charge is 0.324 e. The molecule has 1 unspecified atom stereocenters. The van der Waals surface area contributed by atoms with Gasteiger partial charge in [-0.2, -0.15) is 0 Å². The van der Waals surface area contributed by atoms with E-state index >= 15 is 0 Å². The number of aryl methyl sites for hydroxylation is 1. The molecule has 4 rings (SSSR count). The van der Waals surface area contributed by atoms with Gasteiger partial charge < -0.3 is 5.32 Å². The Labute approximate surface area is 199 Å². The summed E-state index contributed by atoms with van der Waals surface area (Å²) in [6, 6.07) is 15.5. The molecule has 0 bridgehead atoms. The zero-order valence-corrected chi connectivity index (χ0v) is 19.2. The highest BCUT2D eigenvalue weighted by atomic mass is 32.2. The van der Waals surface area contributed by atoms with E-state index in [9.17, 15) is 22.0 Å². The molecule has 0 aliphatic heterocycles. The lowest BCUT2D eigenvalue weighted by Crippen LogP contribution is -2.29. The highest BCUT2D eigenvalue weighted by Crippen LogP contribution is 2.21. The number of halogens is 2. The second kappa shape index (κ2) is 9.97. The lowest BCUT2D eigenvalue weighted by atomic mass is 10.0. The summed E-state index contributed by atoms with van der Waals surface area (Å²) >= 11 is 0. The van der Waals surface area contributed by atoms with E-state index in [0.717, 1.165) is 6.07 Å². The zero-order valence-electron chi connectivity index (χ0n) is 18.4. The van der Waals surface area contributed by atoms with Crippen LogP contribution >= 0.6 is 0 Å². The number of anilines is 2. The van der Waals surface area contributed by atoms with Crippen molar-refractivity contribution in [3.63, 3.8) is 0 Å². The first-order valence-corrected chi connectivity index (χ1v) is 11.9. The number of nitrogens with one attached hydrogen (secondary N) is 2. The van der Waals surface area contributed by atoms with Gasteiger partial charge in [-0.25, -0.2) is 21.9 Å². The van der Waals surface area contributed by atoms with E-state index in [1.54, 1.807) is 19.1 Å². The predicted molar refractivity (Wildman–Crippen MR) is 124 cm³/mol. The van der Waals surface area contributed by atoms with Gasteiger partial charge >= 0.3 is 0 Å². The third-order valence-electron chi connectivity index (χ3n) is 5.11. The Morgan fingerprint density at radius 1 is 0.971 bits per heavy atom.